The molecule has 0 bridgehead atoms. The van der Waals surface area contributed by atoms with Crippen molar-refractivity contribution in [3.8, 4) is 0 Å². The number of alkyl halides is 1. The van der Waals surface area contributed by atoms with E-state index >= 15 is 0 Å². The quantitative estimate of drug-likeness (QED) is 0.193. The molecule has 34 heavy (non-hydrogen) atoms. The van der Waals surface area contributed by atoms with Crippen LogP contribution in [0.25, 0.3) is 0 Å². The standard InChI is InChI=1S/C23H29ClO10/c1-10-14-16(33-21(28)23(5,29)11(2)24)15(31-12(3)25)13(20(27)30-6)8-7-9-22(4)18(34-22)17(14)32-19(10)26/h8,11,14-18,29H,1,7,9H2,2-6H3/b13-8+/t11?,14-,15+,16+,17+,18+,22-,23?/m1/s1. The highest BCUT2D eigenvalue weighted by molar-refractivity contribution is 6.22. The van der Waals surface area contributed by atoms with E-state index in [1.807, 2.05) is 6.92 Å². The van der Waals surface area contributed by atoms with Crippen molar-refractivity contribution in [1.82, 2.24) is 0 Å². The summed E-state index contributed by atoms with van der Waals surface area (Å²) in [7, 11) is 1.15. The van der Waals surface area contributed by atoms with Gasteiger partial charge < -0.3 is 28.8 Å². The third-order valence-corrected chi connectivity index (χ3v) is 7.03. The van der Waals surface area contributed by atoms with E-state index in [-0.39, 0.29) is 11.1 Å². The van der Waals surface area contributed by atoms with Crippen LogP contribution in [-0.2, 0) is 42.9 Å². The van der Waals surface area contributed by atoms with Crippen LogP contribution in [0.1, 0.15) is 40.5 Å². The fourth-order valence-corrected chi connectivity index (χ4v) is 4.37. The average molecular weight is 501 g/mol. The highest BCUT2D eigenvalue weighted by Gasteiger charge is 2.65. The number of allylic oxidation sites excluding steroid dienone is 1. The maximum atomic E-state index is 13.0. The number of rotatable bonds is 5. The van der Waals surface area contributed by atoms with E-state index in [0.717, 1.165) is 21.0 Å². The van der Waals surface area contributed by atoms with Gasteiger partial charge in [0.25, 0.3) is 0 Å². The zero-order valence-corrected chi connectivity index (χ0v) is 20.4. The number of aliphatic hydroxyl groups is 1. The molecule has 0 aromatic rings. The second kappa shape index (κ2) is 9.31. The van der Waals surface area contributed by atoms with Gasteiger partial charge in [-0.2, -0.15) is 0 Å². The molecule has 0 radical (unpaired) electrons. The van der Waals surface area contributed by atoms with Crippen LogP contribution in [0.4, 0.5) is 0 Å². The van der Waals surface area contributed by atoms with Crippen molar-refractivity contribution in [1.29, 1.82) is 0 Å². The number of hydrogen-bond donors (Lipinski definition) is 1. The van der Waals surface area contributed by atoms with E-state index in [0.29, 0.717) is 12.8 Å². The maximum absolute atomic E-state index is 13.0. The largest absolute Gasteiger partial charge is 0.466 e. The first-order chi connectivity index (χ1) is 15.7. The number of fused-ring (bicyclic) bond motifs is 3. The molecule has 0 aromatic carbocycles. The molecule has 10 nitrogen and oxygen atoms in total. The highest BCUT2D eigenvalue weighted by Crippen LogP contribution is 2.50. The van der Waals surface area contributed by atoms with Gasteiger partial charge in [-0.1, -0.05) is 12.7 Å². The average Bonchev–Trinajstić information content (AvgIpc) is 3.34. The Morgan fingerprint density at radius 1 is 1.35 bits per heavy atom. The molecule has 0 amide bonds. The summed E-state index contributed by atoms with van der Waals surface area (Å²) in [4.78, 5) is 50.3. The Morgan fingerprint density at radius 3 is 2.56 bits per heavy atom. The lowest BCUT2D eigenvalue weighted by molar-refractivity contribution is -0.184. The van der Waals surface area contributed by atoms with Gasteiger partial charge in [0, 0.05) is 12.5 Å². The summed E-state index contributed by atoms with van der Waals surface area (Å²) in [6.07, 6.45) is -2.12. The van der Waals surface area contributed by atoms with Crippen molar-refractivity contribution in [2.75, 3.05) is 7.11 Å². The summed E-state index contributed by atoms with van der Waals surface area (Å²) < 4.78 is 27.4. The van der Waals surface area contributed by atoms with Crippen LogP contribution in [0.3, 0.4) is 0 Å². The smallest absolute Gasteiger partial charge is 0.339 e. The Labute approximate surface area is 202 Å². The van der Waals surface area contributed by atoms with Gasteiger partial charge in [0.1, 0.15) is 12.2 Å². The number of halogens is 1. The zero-order chi connectivity index (χ0) is 25.6. The molecule has 2 aliphatic heterocycles. The number of ether oxygens (including phenoxy) is 5. The summed E-state index contributed by atoms with van der Waals surface area (Å²) in [6.45, 7) is 9.30. The van der Waals surface area contributed by atoms with Crippen molar-refractivity contribution in [2.45, 2.75) is 81.5 Å². The van der Waals surface area contributed by atoms with Crippen LogP contribution in [0, 0.1) is 5.92 Å². The first-order valence-corrected chi connectivity index (χ1v) is 11.3. The molecule has 1 aliphatic carbocycles. The van der Waals surface area contributed by atoms with Crippen molar-refractivity contribution in [3.63, 3.8) is 0 Å². The fraction of sp³-hybridized carbons (Fsp3) is 0.652. The summed E-state index contributed by atoms with van der Waals surface area (Å²) in [5.41, 5.74) is -2.95. The van der Waals surface area contributed by atoms with Gasteiger partial charge in [0.15, 0.2) is 17.8 Å². The van der Waals surface area contributed by atoms with Crippen LogP contribution in [-0.4, -0.2) is 77.1 Å². The Hall–Kier alpha value is -2.43. The molecular weight excluding hydrogens is 472 g/mol. The van der Waals surface area contributed by atoms with E-state index < -0.39 is 70.8 Å². The third kappa shape index (κ3) is 4.71. The minimum absolute atomic E-state index is 0.0545. The second-order valence-corrected chi connectivity index (χ2v) is 9.78. The summed E-state index contributed by atoms with van der Waals surface area (Å²) in [6, 6.07) is 0. The number of methoxy groups -OCH3 is 1. The highest BCUT2D eigenvalue weighted by atomic mass is 35.5. The van der Waals surface area contributed by atoms with Crippen LogP contribution in [0.2, 0.25) is 0 Å². The van der Waals surface area contributed by atoms with E-state index in [2.05, 4.69) is 6.58 Å². The summed E-state index contributed by atoms with van der Waals surface area (Å²) in [5.74, 6) is -4.55. The lowest BCUT2D eigenvalue weighted by Crippen LogP contribution is -2.52. The molecule has 11 heteroatoms. The topological polar surface area (TPSA) is 138 Å². The van der Waals surface area contributed by atoms with Gasteiger partial charge in [-0.3, -0.25) is 4.79 Å². The van der Waals surface area contributed by atoms with E-state index in [4.69, 9.17) is 35.3 Å². The molecule has 2 unspecified atom stereocenters. The number of esters is 4. The molecule has 2 heterocycles. The molecule has 2 fully saturated rings. The summed E-state index contributed by atoms with van der Waals surface area (Å²) >= 11 is 5.98. The number of epoxide rings is 1. The van der Waals surface area contributed by atoms with E-state index in [1.165, 1.54) is 13.0 Å². The Balaban J connectivity index is 2.18. The molecular formula is C23H29ClO10. The third-order valence-electron chi connectivity index (χ3n) is 6.61. The minimum atomic E-state index is -2.14. The molecule has 1 N–H and O–H groups in total. The van der Waals surface area contributed by atoms with Crippen molar-refractivity contribution < 1.29 is 48.0 Å². The van der Waals surface area contributed by atoms with Crippen LogP contribution in [0.5, 0.6) is 0 Å². The number of carbonyl (C=O) groups is 4. The van der Waals surface area contributed by atoms with Gasteiger partial charge >= 0.3 is 23.9 Å². The van der Waals surface area contributed by atoms with Crippen molar-refractivity contribution in [3.05, 3.63) is 23.8 Å². The molecule has 2 saturated heterocycles. The predicted molar refractivity (Wildman–Crippen MR) is 116 cm³/mol. The second-order valence-electron chi connectivity index (χ2n) is 9.13. The normalized spacial score (nSPS) is 36.9. The maximum Gasteiger partial charge on any atom is 0.339 e. The fourth-order valence-electron chi connectivity index (χ4n) is 4.28. The monoisotopic (exact) mass is 500 g/mol. The molecule has 3 aliphatic rings. The minimum Gasteiger partial charge on any atom is -0.466 e. The summed E-state index contributed by atoms with van der Waals surface area (Å²) in [5, 5.41) is 9.54. The van der Waals surface area contributed by atoms with Gasteiger partial charge in [-0.15, -0.1) is 11.6 Å². The number of carbonyl (C=O) groups excluding carboxylic acids is 4. The van der Waals surface area contributed by atoms with Crippen LogP contribution >= 0.6 is 11.6 Å². The van der Waals surface area contributed by atoms with Crippen molar-refractivity contribution >= 4 is 35.5 Å². The van der Waals surface area contributed by atoms with Gasteiger partial charge in [0.05, 0.1) is 29.6 Å². The molecule has 0 aromatic heterocycles. The molecule has 0 saturated carbocycles. The van der Waals surface area contributed by atoms with Crippen LogP contribution in [0.15, 0.2) is 23.8 Å². The zero-order valence-electron chi connectivity index (χ0n) is 19.7. The predicted octanol–water partition coefficient (Wildman–Crippen LogP) is 1.36. The van der Waals surface area contributed by atoms with E-state index in [9.17, 15) is 24.3 Å². The Bertz CT molecular complexity index is 938. The SMILES string of the molecule is C=C1C(=O)O[C@H]2[C@H]1[C@H](OC(=O)C(C)(O)C(C)Cl)[C@@H](OC(C)=O)/C(C(=O)OC)=C\CC[C@@]1(C)O[C@@H]21. The molecule has 0 spiro atoms. The first kappa shape index (κ1) is 26.2. The van der Waals surface area contributed by atoms with Crippen molar-refractivity contribution in [2.24, 2.45) is 5.92 Å². The molecule has 188 valence electrons. The van der Waals surface area contributed by atoms with E-state index in [1.54, 1.807) is 0 Å². The lowest BCUT2D eigenvalue weighted by Gasteiger charge is -2.35. The Kier molecular flexibility index (Phi) is 7.17. The molecule has 3 rings (SSSR count). The van der Waals surface area contributed by atoms with Crippen LogP contribution < -0.4 is 0 Å². The number of hydrogen-bond acceptors (Lipinski definition) is 10. The van der Waals surface area contributed by atoms with Gasteiger partial charge in [0.2, 0.25) is 0 Å². The molecule has 8 atom stereocenters. The first-order valence-electron chi connectivity index (χ1n) is 10.8. The lowest BCUT2D eigenvalue weighted by atomic mass is 9.80. The van der Waals surface area contributed by atoms with Gasteiger partial charge in [-0.25, -0.2) is 14.4 Å². The Morgan fingerprint density at radius 2 is 2.00 bits per heavy atom. The van der Waals surface area contributed by atoms with Gasteiger partial charge in [-0.05, 0) is 33.6 Å².